The number of nitrogens with one attached hydrogen (secondary N) is 6. The van der Waals surface area contributed by atoms with Crippen molar-refractivity contribution in [2.24, 2.45) is 0 Å². The van der Waals surface area contributed by atoms with E-state index in [0.717, 1.165) is 118 Å². The fraction of sp³-hybridized carbons (Fsp3) is 0.611. The van der Waals surface area contributed by atoms with Gasteiger partial charge in [-0.15, -0.1) is 0 Å². The normalized spacial score (nSPS) is 21.4. The average Bonchev–Trinajstić information content (AvgIpc) is 3.11. The third-order valence-electron chi connectivity index (χ3n) is 10.1. The van der Waals surface area contributed by atoms with E-state index in [4.69, 9.17) is 0 Å². The van der Waals surface area contributed by atoms with Crippen LogP contribution < -0.4 is 31.9 Å². The molecular formula is C36H54N10O4. The molecule has 4 aliphatic heterocycles. The van der Waals surface area contributed by atoms with E-state index in [0.29, 0.717) is 59.0 Å². The molecule has 2 aromatic rings. The number of hydrogen-bond acceptors (Lipinski definition) is 12. The van der Waals surface area contributed by atoms with Gasteiger partial charge >= 0.3 is 0 Å². The molecule has 50 heavy (non-hydrogen) atoms. The molecule has 2 aromatic carbocycles. The summed E-state index contributed by atoms with van der Waals surface area (Å²) in [6.07, 6.45) is 1.31. The molecule has 0 saturated carbocycles. The smallest absolute Gasteiger partial charge is 0.261 e. The van der Waals surface area contributed by atoms with Gasteiger partial charge in [-0.05, 0) is 50.2 Å². The van der Waals surface area contributed by atoms with Gasteiger partial charge in [-0.25, -0.2) is 0 Å². The van der Waals surface area contributed by atoms with E-state index in [2.05, 4.69) is 41.7 Å². The Balaban J connectivity index is 1.09. The quantitative estimate of drug-likeness (QED) is 0.188. The van der Waals surface area contributed by atoms with Crippen LogP contribution in [0.25, 0.3) is 10.8 Å². The number of imide groups is 2. The van der Waals surface area contributed by atoms with Crippen molar-refractivity contribution in [1.82, 2.24) is 51.5 Å². The summed E-state index contributed by atoms with van der Waals surface area (Å²) in [5.41, 5.74) is 1.48. The van der Waals surface area contributed by atoms with Crippen molar-refractivity contribution in [2.75, 3.05) is 131 Å². The first kappa shape index (κ1) is 36.5. The van der Waals surface area contributed by atoms with Crippen molar-refractivity contribution < 1.29 is 19.2 Å². The fourth-order valence-electron chi connectivity index (χ4n) is 7.36. The van der Waals surface area contributed by atoms with Gasteiger partial charge in [0.2, 0.25) is 0 Å². The van der Waals surface area contributed by atoms with Gasteiger partial charge in [-0.2, -0.15) is 0 Å². The van der Waals surface area contributed by atoms with Crippen LogP contribution in [0.15, 0.2) is 24.3 Å². The fourth-order valence-corrected chi connectivity index (χ4v) is 7.36. The highest BCUT2D eigenvalue weighted by molar-refractivity contribution is 6.33. The van der Waals surface area contributed by atoms with Crippen molar-refractivity contribution in [3.05, 3.63) is 46.5 Å². The number of carbonyl (C=O) groups is 4. The summed E-state index contributed by atoms with van der Waals surface area (Å²) >= 11 is 0. The molecule has 14 heteroatoms. The molecule has 14 nitrogen and oxygen atoms in total. The Hall–Kier alpha value is -3.34. The van der Waals surface area contributed by atoms with Gasteiger partial charge < -0.3 is 41.7 Å². The number of nitrogens with zero attached hydrogens (tertiary/aromatic N) is 4. The monoisotopic (exact) mass is 690 g/mol. The van der Waals surface area contributed by atoms with Crippen LogP contribution in [0, 0.1) is 0 Å². The van der Waals surface area contributed by atoms with Gasteiger partial charge in [-0.3, -0.25) is 29.0 Å². The van der Waals surface area contributed by atoms with Crippen LogP contribution in [0.1, 0.15) is 54.3 Å². The maximum Gasteiger partial charge on any atom is 0.261 e. The molecule has 6 rings (SSSR count). The minimum Gasteiger partial charge on any atom is -0.314 e. The third-order valence-corrected chi connectivity index (χ3v) is 10.1. The zero-order chi connectivity index (χ0) is 34.7. The SMILES string of the molecule is O=C1c2ccc3c4c(ccc(c24)C(=O)N1CCCN1CCNCCNCCNCC1)C(=O)N(CCCN1CCNCCNCCNCC1)C3=O. The van der Waals surface area contributed by atoms with Crippen LogP contribution in [0.5, 0.6) is 0 Å². The van der Waals surface area contributed by atoms with E-state index in [-0.39, 0.29) is 23.6 Å². The van der Waals surface area contributed by atoms with Gasteiger partial charge in [0.15, 0.2) is 0 Å². The number of benzene rings is 2. The maximum absolute atomic E-state index is 13.8. The van der Waals surface area contributed by atoms with Gasteiger partial charge in [0.25, 0.3) is 23.6 Å². The van der Waals surface area contributed by atoms with E-state index in [1.165, 1.54) is 9.80 Å². The molecule has 0 atom stereocenters. The van der Waals surface area contributed by atoms with E-state index in [9.17, 15) is 19.2 Å². The molecule has 272 valence electrons. The van der Waals surface area contributed by atoms with Crippen LogP contribution >= 0.6 is 0 Å². The Kier molecular flexibility index (Phi) is 13.3. The summed E-state index contributed by atoms with van der Waals surface area (Å²) < 4.78 is 0. The Labute approximate surface area is 295 Å². The molecule has 0 unspecified atom stereocenters. The number of hydrogen-bond donors (Lipinski definition) is 6. The van der Waals surface area contributed by atoms with E-state index >= 15 is 0 Å². The molecule has 2 saturated heterocycles. The second kappa shape index (κ2) is 18.2. The standard InChI is InChI=1S/C36H54N10O4/c47-33-27-3-5-29-32-30(36(50)46(35(29)49)22-2-20-44-25-17-41-13-9-38-10-14-42-18-26-44)6-4-28(31(27)32)34(48)45(33)21-1-19-43-23-15-39-11-7-37-8-12-40-16-24-43/h3-6,37-42H,1-2,7-26H2. The van der Waals surface area contributed by atoms with Crippen molar-refractivity contribution in [2.45, 2.75) is 12.8 Å². The molecular weight excluding hydrogens is 636 g/mol. The highest BCUT2D eigenvalue weighted by Crippen LogP contribution is 2.37. The summed E-state index contributed by atoms with van der Waals surface area (Å²) in [7, 11) is 0. The Bertz CT molecular complexity index is 1310. The van der Waals surface area contributed by atoms with Crippen molar-refractivity contribution in [3.63, 3.8) is 0 Å². The summed E-state index contributed by atoms with van der Waals surface area (Å²) in [6.45, 7) is 16.6. The van der Waals surface area contributed by atoms with Crippen LogP contribution in [0.4, 0.5) is 0 Å². The first-order valence-electron chi connectivity index (χ1n) is 18.6. The molecule has 0 spiro atoms. The predicted octanol–water partition coefficient (Wildman–Crippen LogP) is -1.02. The summed E-state index contributed by atoms with van der Waals surface area (Å²) in [6, 6.07) is 6.64. The Morgan fingerprint density at radius 2 is 0.640 bits per heavy atom. The zero-order valence-corrected chi connectivity index (χ0v) is 29.3. The molecule has 0 aromatic heterocycles. The topological polar surface area (TPSA) is 153 Å². The molecule has 6 N–H and O–H groups in total. The Morgan fingerprint density at radius 3 is 0.920 bits per heavy atom. The Morgan fingerprint density at radius 1 is 0.380 bits per heavy atom. The van der Waals surface area contributed by atoms with Crippen molar-refractivity contribution in [3.8, 4) is 0 Å². The van der Waals surface area contributed by atoms with Gasteiger partial charge in [0, 0.05) is 151 Å². The summed E-state index contributed by atoms with van der Waals surface area (Å²) in [4.78, 5) is 62.5. The van der Waals surface area contributed by atoms with Crippen LogP contribution in [-0.2, 0) is 0 Å². The molecule has 0 radical (unpaired) electrons. The van der Waals surface area contributed by atoms with Crippen LogP contribution in [0.2, 0.25) is 0 Å². The lowest BCUT2D eigenvalue weighted by atomic mass is 9.86. The molecule has 2 fully saturated rings. The second-order valence-corrected chi connectivity index (χ2v) is 13.5. The first-order valence-corrected chi connectivity index (χ1v) is 18.6. The van der Waals surface area contributed by atoms with Crippen LogP contribution in [-0.4, -0.2) is 174 Å². The largest absolute Gasteiger partial charge is 0.314 e. The minimum absolute atomic E-state index is 0.301. The van der Waals surface area contributed by atoms with Gasteiger partial charge in [-0.1, -0.05) is 0 Å². The van der Waals surface area contributed by atoms with E-state index < -0.39 is 0 Å². The third kappa shape index (κ3) is 8.75. The van der Waals surface area contributed by atoms with Crippen molar-refractivity contribution >= 4 is 34.4 Å². The highest BCUT2D eigenvalue weighted by atomic mass is 16.2. The predicted molar refractivity (Wildman–Crippen MR) is 194 cm³/mol. The first-order chi connectivity index (χ1) is 24.5. The van der Waals surface area contributed by atoms with Crippen LogP contribution in [0.3, 0.4) is 0 Å². The minimum atomic E-state index is -0.371. The number of rotatable bonds is 8. The summed E-state index contributed by atoms with van der Waals surface area (Å²) in [5, 5.41) is 21.5. The van der Waals surface area contributed by atoms with E-state index in [1.807, 2.05) is 0 Å². The maximum atomic E-state index is 13.8. The van der Waals surface area contributed by atoms with Crippen molar-refractivity contribution in [1.29, 1.82) is 0 Å². The molecule has 4 aliphatic rings. The number of amides is 4. The molecule has 0 bridgehead atoms. The lowest BCUT2D eigenvalue weighted by molar-refractivity contribution is 0.0582. The highest BCUT2D eigenvalue weighted by Gasteiger charge is 2.39. The molecule has 0 aliphatic carbocycles. The summed E-state index contributed by atoms with van der Waals surface area (Å²) in [5.74, 6) is -1.48. The van der Waals surface area contributed by atoms with E-state index in [1.54, 1.807) is 24.3 Å². The second-order valence-electron chi connectivity index (χ2n) is 13.5. The number of carbonyl (C=O) groups excluding carboxylic acids is 4. The van der Waals surface area contributed by atoms with Gasteiger partial charge in [0.1, 0.15) is 0 Å². The van der Waals surface area contributed by atoms with Gasteiger partial charge in [0.05, 0.1) is 0 Å². The average molecular weight is 691 g/mol. The zero-order valence-electron chi connectivity index (χ0n) is 29.3. The lowest BCUT2D eigenvalue weighted by Crippen LogP contribution is -2.45. The molecule has 4 heterocycles. The molecule has 4 amide bonds. The lowest BCUT2D eigenvalue weighted by Gasteiger charge is -2.32.